The van der Waals surface area contributed by atoms with Crippen LogP contribution in [0.4, 0.5) is 0 Å². The Balaban J connectivity index is 1.21. The predicted octanol–water partition coefficient (Wildman–Crippen LogP) is 12.3. The zero-order chi connectivity index (χ0) is 33.5. The summed E-state index contributed by atoms with van der Waals surface area (Å²) < 4.78 is 9.06. The molecule has 0 N–H and O–H groups in total. The quantitative estimate of drug-likeness (QED) is 0.188. The molecule has 1 spiro atoms. The summed E-state index contributed by atoms with van der Waals surface area (Å²) in [6.45, 7) is 0. The van der Waals surface area contributed by atoms with Crippen LogP contribution < -0.4 is 4.74 Å². The van der Waals surface area contributed by atoms with Crippen LogP contribution in [-0.4, -0.2) is 9.97 Å². The second kappa shape index (κ2) is 10.8. The molecule has 4 heteroatoms. The first-order valence-corrected chi connectivity index (χ1v) is 18.1. The van der Waals surface area contributed by atoms with Crippen LogP contribution in [-0.2, 0) is 5.41 Å². The predicted molar refractivity (Wildman–Crippen MR) is 209 cm³/mol. The van der Waals surface area contributed by atoms with Gasteiger partial charge in [-0.25, -0.2) is 9.97 Å². The van der Waals surface area contributed by atoms with E-state index in [-0.39, 0.29) is 0 Å². The Morgan fingerprint density at radius 2 is 1.08 bits per heavy atom. The number of thiophene rings is 1. The maximum absolute atomic E-state index is 6.57. The van der Waals surface area contributed by atoms with Gasteiger partial charge in [0.05, 0.1) is 16.8 Å². The average molecular weight is 669 g/mol. The Morgan fingerprint density at radius 3 is 1.82 bits per heavy atom. The standard InChI is InChI=1S/C47H28N2OS/c1-3-14-29(15-4-1)38-28-39(49-46(48-38)30-16-5-2-6-17-30)32-19-13-20-33-44-42(51-45(32)33)27-26-37-43(44)31-18-7-8-21-34(31)47(37)35-22-9-11-24-40(35)50-41-25-12-10-23-36(41)47/h1-28H. The lowest BCUT2D eigenvalue weighted by Crippen LogP contribution is -2.32. The van der Waals surface area contributed by atoms with Gasteiger partial charge in [0, 0.05) is 48.0 Å². The first-order chi connectivity index (χ1) is 25.3. The molecule has 0 unspecified atom stereocenters. The molecule has 2 aromatic heterocycles. The van der Waals surface area contributed by atoms with Crippen molar-refractivity contribution in [3.63, 3.8) is 0 Å². The van der Waals surface area contributed by atoms with Gasteiger partial charge in [-0.2, -0.15) is 0 Å². The number of para-hydroxylation sites is 2. The van der Waals surface area contributed by atoms with Crippen molar-refractivity contribution in [3.05, 3.63) is 192 Å². The molecule has 9 aromatic rings. The van der Waals surface area contributed by atoms with E-state index in [1.807, 2.05) is 35.6 Å². The van der Waals surface area contributed by atoms with Crippen molar-refractivity contribution in [2.24, 2.45) is 0 Å². The van der Waals surface area contributed by atoms with Gasteiger partial charge >= 0.3 is 0 Å². The molecular weight excluding hydrogens is 641 g/mol. The van der Waals surface area contributed by atoms with E-state index in [1.54, 1.807) is 0 Å². The van der Waals surface area contributed by atoms with E-state index >= 15 is 0 Å². The normalized spacial score (nSPS) is 13.4. The van der Waals surface area contributed by atoms with E-state index in [1.165, 1.54) is 53.6 Å². The van der Waals surface area contributed by atoms with Crippen LogP contribution in [0.3, 0.4) is 0 Å². The van der Waals surface area contributed by atoms with Gasteiger partial charge in [0.15, 0.2) is 5.82 Å². The highest BCUT2D eigenvalue weighted by atomic mass is 32.1. The Hall–Kier alpha value is -6.36. The summed E-state index contributed by atoms with van der Waals surface area (Å²) in [6, 6.07) is 60.3. The molecule has 3 heterocycles. The third-order valence-electron chi connectivity index (χ3n) is 10.6. The van der Waals surface area contributed by atoms with Gasteiger partial charge in [0.1, 0.15) is 11.5 Å². The summed E-state index contributed by atoms with van der Waals surface area (Å²) in [6.07, 6.45) is 0. The van der Waals surface area contributed by atoms with Gasteiger partial charge in [-0.15, -0.1) is 11.3 Å². The van der Waals surface area contributed by atoms with E-state index in [9.17, 15) is 0 Å². The number of rotatable bonds is 3. The molecule has 2 aliphatic rings. The summed E-state index contributed by atoms with van der Waals surface area (Å²) in [4.78, 5) is 10.3. The molecule has 0 atom stereocenters. The number of fused-ring (bicyclic) bond motifs is 13. The van der Waals surface area contributed by atoms with Crippen LogP contribution >= 0.6 is 11.3 Å². The zero-order valence-corrected chi connectivity index (χ0v) is 28.2. The number of hydrogen-bond acceptors (Lipinski definition) is 4. The molecular formula is C47H28N2OS. The van der Waals surface area contributed by atoms with Gasteiger partial charge in [0.25, 0.3) is 0 Å². The fourth-order valence-corrected chi connectivity index (χ4v) is 9.72. The Bertz CT molecular complexity index is 2740. The monoisotopic (exact) mass is 668 g/mol. The molecule has 51 heavy (non-hydrogen) atoms. The van der Waals surface area contributed by atoms with E-state index in [2.05, 4.69) is 146 Å². The lowest BCUT2D eigenvalue weighted by Gasteiger charge is -2.39. The highest BCUT2D eigenvalue weighted by Gasteiger charge is 2.51. The smallest absolute Gasteiger partial charge is 0.160 e. The molecule has 0 bridgehead atoms. The molecule has 0 radical (unpaired) electrons. The molecule has 0 fully saturated rings. The second-order valence-electron chi connectivity index (χ2n) is 13.2. The van der Waals surface area contributed by atoms with Crippen molar-refractivity contribution in [1.29, 1.82) is 0 Å². The number of ether oxygens (including phenoxy) is 1. The van der Waals surface area contributed by atoms with Crippen molar-refractivity contribution in [2.45, 2.75) is 5.41 Å². The molecule has 11 rings (SSSR count). The maximum atomic E-state index is 6.57. The molecule has 0 saturated heterocycles. The van der Waals surface area contributed by atoms with Crippen LogP contribution in [0.2, 0.25) is 0 Å². The third kappa shape index (κ3) is 3.99. The minimum Gasteiger partial charge on any atom is -0.457 e. The molecule has 1 aliphatic carbocycles. The molecule has 238 valence electrons. The fraction of sp³-hybridized carbons (Fsp3) is 0.0213. The minimum atomic E-state index is -0.501. The summed E-state index contributed by atoms with van der Waals surface area (Å²) >= 11 is 1.85. The zero-order valence-electron chi connectivity index (χ0n) is 27.4. The molecule has 0 saturated carbocycles. The summed E-state index contributed by atoms with van der Waals surface area (Å²) in [7, 11) is 0. The number of benzene rings is 7. The third-order valence-corrected chi connectivity index (χ3v) is 11.8. The lowest BCUT2D eigenvalue weighted by atomic mass is 9.66. The van der Waals surface area contributed by atoms with Crippen LogP contribution in [0.5, 0.6) is 11.5 Å². The van der Waals surface area contributed by atoms with Gasteiger partial charge in [-0.1, -0.05) is 146 Å². The Kier molecular flexibility index (Phi) is 6.04. The summed E-state index contributed by atoms with van der Waals surface area (Å²) in [5.74, 6) is 2.53. The van der Waals surface area contributed by atoms with Crippen LogP contribution in [0.25, 0.3) is 65.2 Å². The van der Waals surface area contributed by atoms with Gasteiger partial charge in [0.2, 0.25) is 0 Å². The highest BCUT2D eigenvalue weighted by Crippen LogP contribution is 2.64. The topological polar surface area (TPSA) is 35.0 Å². The highest BCUT2D eigenvalue weighted by molar-refractivity contribution is 7.26. The minimum absolute atomic E-state index is 0.501. The maximum Gasteiger partial charge on any atom is 0.160 e. The molecule has 3 nitrogen and oxygen atoms in total. The van der Waals surface area contributed by atoms with E-state index < -0.39 is 5.41 Å². The lowest BCUT2D eigenvalue weighted by molar-refractivity contribution is 0.436. The van der Waals surface area contributed by atoms with Crippen molar-refractivity contribution in [2.75, 3.05) is 0 Å². The number of nitrogens with zero attached hydrogens (tertiary/aromatic N) is 2. The van der Waals surface area contributed by atoms with Crippen LogP contribution in [0, 0.1) is 0 Å². The van der Waals surface area contributed by atoms with E-state index in [0.717, 1.165) is 45.4 Å². The van der Waals surface area contributed by atoms with Crippen molar-refractivity contribution >= 4 is 31.5 Å². The SMILES string of the molecule is c1ccc(-c2cc(-c3cccc4c3sc3ccc5c(c34)-c3ccccc3C53c4ccccc4Oc4ccccc43)nc(-c3ccccc3)n2)cc1. The van der Waals surface area contributed by atoms with Crippen molar-refractivity contribution in [1.82, 2.24) is 9.97 Å². The number of hydrogen-bond donors (Lipinski definition) is 0. The van der Waals surface area contributed by atoms with E-state index in [4.69, 9.17) is 14.7 Å². The molecule has 1 aliphatic heterocycles. The average Bonchev–Trinajstić information content (AvgIpc) is 3.73. The first-order valence-electron chi connectivity index (χ1n) is 17.2. The van der Waals surface area contributed by atoms with Gasteiger partial charge in [-0.05, 0) is 46.5 Å². The van der Waals surface area contributed by atoms with Crippen LogP contribution in [0.1, 0.15) is 22.3 Å². The van der Waals surface area contributed by atoms with Gasteiger partial charge < -0.3 is 4.74 Å². The Labute approximate surface area is 299 Å². The fourth-order valence-electron chi connectivity index (χ4n) is 8.49. The summed E-state index contributed by atoms with van der Waals surface area (Å²) in [5, 5.41) is 2.53. The molecule has 0 amide bonds. The largest absolute Gasteiger partial charge is 0.457 e. The first kappa shape index (κ1) is 28.5. The van der Waals surface area contributed by atoms with Gasteiger partial charge in [-0.3, -0.25) is 0 Å². The van der Waals surface area contributed by atoms with Crippen molar-refractivity contribution in [3.8, 4) is 56.5 Å². The Morgan fingerprint density at radius 1 is 0.471 bits per heavy atom. The van der Waals surface area contributed by atoms with Crippen LogP contribution in [0.15, 0.2) is 170 Å². The number of aromatic nitrogens is 2. The van der Waals surface area contributed by atoms with Crippen molar-refractivity contribution < 1.29 is 4.74 Å². The molecule has 7 aromatic carbocycles. The summed E-state index contributed by atoms with van der Waals surface area (Å²) in [5.41, 5.74) is 12.0. The van der Waals surface area contributed by atoms with E-state index in [0.29, 0.717) is 0 Å². The second-order valence-corrected chi connectivity index (χ2v) is 14.3.